The Morgan fingerprint density at radius 2 is 1.68 bits per heavy atom. The molecule has 31 heavy (non-hydrogen) atoms. The molecule has 2 aromatic rings. The highest BCUT2D eigenvalue weighted by Crippen LogP contribution is 2.28. The highest BCUT2D eigenvalue weighted by molar-refractivity contribution is 6.32. The Kier molecular flexibility index (Phi) is 7.44. The highest BCUT2D eigenvalue weighted by atomic mass is 35.5. The zero-order chi connectivity index (χ0) is 22.5. The number of halogens is 1. The number of hydrogen-bond donors (Lipinski definition) is 1. The smallest absolute Gasteiger partial charge is 0.262 e. The van der Waals surface area contributed by atoms with Gasteiger partial charge in [0.15, 0.2) is 6.61 Å². The topological polar surface area (TPSA) is 61.9 Å². The van der Waals surface area contributed by atoms with Gasteiger partial charge in [0.1, 0.15) is 5.75 Å². The van der Waals surface area contributed by atoms with E-state index in [1.54, 1.807) is 0 Å². The molecule has 2 amide bonds. The minimum absolute atomic E-state index is 0.00587. The van der Waals surface area contributed by atoms with Crippen LogP contribution in [0.5, 0.6) is 5.75 Å². The lowest BCUT2D eigenvalue weighted by molar-refractivity contribution is -0.134. The summed E-state index contributed by atoms with van der Waals surface area (Å²) in [5.41, 5.74) is 3.52. The Bertz CT molecular complexity index is 930. The molecule has 0 radical (unpaired) electrons. The van der Waals surface area contributed by atoms with Crippen molar-refractivity contribution >= 4 is 34.8 Å². The van der Waals surface area contributed by atoms with Crippen LogP contribution in [-0.4, -0.2) is 49.5 Å². The second-order valence-corrected chi connectivity index (χ2v) is 8.57. The van der Waals surface area contributed by atoms with Gasteiger partial charge < -0.3 is 19.9 Å². The number of carbonyl (C=O) groups excluding carboxylic acids is 2. The molecule has 2 aromatic carbocycles. The number of rotatable bonds is 6. The number of aryl methyl sites for hydroxylation is 2. The Morgan fingerprint density at radius 3 is 2.29 bits per heavy atom. The summed E-state index contributed by atoms with van der Waals surface area (Å²) in [6.07, 6.45) is 0. The SMILES string of the molecule is Cc1cc(OCC(=O)Nc2ccccc2N2CCN(C(=O)C(C)C)CC2)cc(C)c1Cl. The van der Waals surface area contributed by atoms with E-state index < -0.39 is 0 Å². The first-order valence-corrected chi connectivity index (χ1v) is 11.0. The first-order valence-electron chi connectivity index (χ1n) is 10.6. The number of para-hydroxylation sites is 2. The quantitative estimate of drug-likeness (QED) is 0.723. The minimum Gasteiger partial charge on any atom is -0.484 e. The largest absolute Gasteiger partial charge is 0.484 e. The fraction of sp³-hybridized carbons (Fsp3) is 0.417. The van der Waals surface area contributed by atoms with Gasteiger partial charge in [-0.2, -0.15) is 0 Å². The summed E-state index contributed by atoms with van der Waals surface area (Å²) in [6.45, 7) is 10.4. The van der Waals surface area contributed by atoms with Crippen LogP contribution in [0.2, 0.25) is 5.02 Å². The molecule has 0 aliphatic carbocycles. The van der Waals surface area contributed by atoms with Crippen molar-refractivity contribution < 1.29 is 14.3 Å². The standard InChI is InChI=1S/C24H30ClN3O3/c1-16(2)24(30)28-11-9-27(10-12-28)21-8-6-5-7-20(21)26-22(29)15-31-19-13-17(3)23(25)18(4)14-19/h5-8,13-14,16H,9-12,15H2,1-4H3,(H,26,29). The maximum absolute atomic E-state index is 12.5. The van der Waals surface area contributed by atoms with Crippen LogP contribution in [0.3, 0.4) is 0 Å². The Balaban J connectivity index is 1.61. The Morgan fingerprint density at radius 1 is 1.06 bits per heavy atom. The second kappa shape index (κ2) is 10.1. The molecular weight excluding hydrogens is 414 g/mol. The van der Waals surface area contributed by atoms with Crippen LogP contribution < -0.4 is 15.0 Å². The van der Waals surface area contributed by atoms with E-state index in [1.807, 2.05) is 69.0 Å². The molecule has 1 aliphatic heterocycles. The molecule has 3 rings (SSSR count). The number of piperazine rings is 1. The fourth-order valence-corrected chi connectivity index (χ4v) is 3.82. The lowest BCUT2D eigenvalue weighted by Crippen LogP contribution is -2.50. The molecule has 7 heteroatoms. The average molecular weight is 444 g/mol. The van der Waals surface area contributed by atoms with Crippen LogP contribution in [0, 0.1) is 19.8 Å². The van der Waals surface area contributed by atoms with Crippen molar-refractivity contribution in [3.05, 3.63) is 52.5 Å². The van der Waals surface area contributed by atoms with Crippen molar-refractivity contribution in [2.45, 2.75) is 27.7 Å². The van der Waals surface area contributed by atoms with Crippen LogP contribution in [0.25, 0.3) is 0 Å². The van der Waals surface area contributed by atoms with E-state index in [0.717, 1.165) is 35.6 Å². The maximum Gasteiger partial charge on any atom is 0.262 e. The molecule has 0 bridgehead atoms. The zero-order valence-corrected chi connectivity index (χ0v) is 19.3. The van der Waals surface area contributed by atoms with E-state index in [4.69, 9.17) is 16.3 Å². The van der Waals surface area contributed by atoms with Crippen LogP contribution in [0.4, 0.5) is 11.4 Å². The summed E-state index contributed by atoms with van der Waals surface area (Å²) in [6, 6.07) is 11.4. The van der Waals surface area contributed by atoms with Crippen molar-refractivity contribution in [1.82, 2.24) is 4.90 Å². The van der Waals surface area contributed by atoms with Gasteiger partial charge in [0.2, 0.25) is 5.91 Å². The molecule has 0 spiro atoms. The number of nitrogens with zero attached hydrogens (tertiary/aromatic N) is 2. The monoisotopic (exact) mass is 443 g/mol. The molecular formula is C24H30ClN3O3. The van der Waals surface area contributed by atoms with Crippen LogP contribution in [0.1, 0.15) is 25.0 Å². The molecule has 1 heterocycles. The lowest BCUT2D eigenvalue weighted by atomic mass is 10.1. The molecule has 6 nitrogen and oxygen atoms in total. The summed E-state index contributed by atoms with van der Waals surface area (Å²) in [4.78, 5) is 28.9. The van der Waals surface area contributed by atoms with Crippen molar-refractivity contribution in [1.29, 1.82) is 0 Å². The summed E-state index contributed by atoms with van der Waals surface area (Å²) >= 11 is 6.19. The van der Waals surface area contributed by atoms with Gasteiger partial charge >= 0.3 is 0 Å². The number of nitrogens with one attached hydrogen (secondary N) is 1. The van der Waals surface area contributed by atoms with Crippen molar-refractivity contribution in [3.8, 4) is 5.75 Å². The van der Waals surface area contributed by atoms with Crippen LogP contribution in [-0.2, 0) is 9.59 Å². The Hall–Kier alpha value is -2.73. The highest BCUT2D eigenvalue weighted by Gasteiger charge is 2.24. The molecule has 0 unspecified atom stereocenters. The molecule has 1 saturated heterocycles. The zero-order valence-electron chi connectivity index (χ0n) is 18.6. The van der Waals surface area contributed by atoms with Gasteiger partial charge in [-0.3, -0.25) is 9.59 Å². The average Bonchev–Trinajstić information content (AvgIpc) is 2.76. The molecule has 0 atom stereocenters. The van der Waals surface area contributed by atoms with Crippen molar-refractivity contribution in [3.63, 3.8) is 0 Å². The third kappa shape index (κ3) is 5.70. The van der Waals surface area contributed by atoms with E-state index in [-0.39, 0.29) is 24.3 Å². The summed E-state index contributed by atoms with van der Waals surface area (Å²) in [5.74, 6) is 0.581. The number of anilines is 2. The number of carbonyl (C=O) groups is 2. The van der Waals surface area contributed by atoms with Gasteiger partial charge in [0.25, 0.3) is 5.91 Å². The predicted molar refractivity (Wildman–Crippen MR) is 125 cm³/mol. The summed E-state index contributed by atoms with van der Waals surface area (Å²) < 4.78 is 5.68. The molecule has 0 aromatic heterocycles. The fourth-order valence-electron chi connectivity index (χ4n) is 3.71. The summed E-state index contributed by atoms with van der Waals surface area (Å²) in [7, 11) is 0. The van der Waals surface area contributed by atoms with Crippen molar-refractivity contribution in [2.75, 3.05) is 43.0 Å². The number of ether oxygens (including phenoxy) is 1. The van der Waals surface area contributed by atoms with Crippen LogP contribution in [0.15, 0.2) is 36.4 Å². The predicted octanol–water partition coefficient (Wildman–Crippen LogP) is 4.28. The van der Waals surface area contributed by atoms with Gasteiger partial charge in [0, 0.05) is 37.1 Å². The van der Waals surface area contributed by atoms with Crippen molar-refractivity contribution in [2.24, 2.45) is 5.92 Å². The van der Waals surface area contributed by atoms with Gasteiger partial charge in [-0.15, -0.1) is 0 Å². The Labute approximate surface area is 189 Å². The van der Waals surface area contributed by atoms with E-state index in [0.29, 0.717) is 23.9 Å². The van der Waals surface area contributed by atoms with E-state index in [2.05, 4.69) is 10.2 Å². The van der Waals surface area contributed by atoms with Crippen LogP contribution >= 0.6 is 11.6 Å². The molecule has 166 valence electrons. The molecule has 1 N–H and O–H groups in total. The third-order valence-electron chi connectivity index (χ3n) is 5.38. The second-order valence-electron chi connectivity index (χ2n) is 8.19. The summed E-state index contributed by atoms with van der Waals surface area (Å²) in [5, 5.41) is 3.67. The first kappa shape index (κ1) is 22.9. The number of amides is 2. The van der Waals surface area contributed by atoms with E-state index in [9.17, 15) is 9.59 Å². The van der Waals surface area contributed by atoms with Gasteiger partial charge in [-0.25, -0.2) is 0 Å². The van der Waals surface area contributed by atoms with E-state index in [1.165, 1.54) is 0 Å². The van der Waals surface area contributed by atoms with E-state index >= 15 is 0 Å². The first-order chi connectivity index (χ1) is 14.8. The lowest BCUT2D eigenvalue weighted by Gasteiger charge is -2.37. The minimum atomic E-state index is -0.230. The molecule has 1 aliphatic rings. The van der Waals surface area contributed by atoms with Gasteiger partial charge in [0.05, 0.1) is 11.4 Å². The molecule has 0 saturated carbocycles. The normalized spacial score (nSPS) is 14.0. The number of benzene rings is 2. The third-order valence-corrected chi connectivity index (χ3v) is 5.98. The van der Waals surface area contributed by atoms with Gasteiger partial charge in [-0.05, 0) is 49.2 Å². The van der Waals surface area contributed by atoms with Gasteiger partial charge in [-0.1, -0.05) is 37.6 Å². The maximum atomic E-state index is 12.5. The number of hydrogen-bond acceptors (Lipinski definition) is 4. The molecule has 1 fully saturated rings.